The number of rotatable bonds is 25. The molecule has 17 heteroatoms. The van der Waals surface area contributed by atoms with Crippen LogP contribution in [0.5, 0.6) is 17.2 Å². The van der Waals surface area contributed by atoms with Gasteiger partial charge in [-0.25, -0.2) is 9.36 Å². The normalized spacial score (nSPS) is 20.1. The third-order valence-corrected chi connectivity index (χ3v) is 14.7. The van der Waals surface area contributed by atoms with Crippen molar-refractivity contribution in [1.29, 1.82) is 0 Å². The number of nitrogens with one attached hydrogen (secondary N) is 2. The molecule has 7 atom stereocenters. The molecular weight excluding hydrogens is 1000 g/mol. The van der Waals surface area contributed by atoms with Gasteiger partial charge in [-0.1, -0.05) is 97.0 Å². The first-order valence-electron chi connectivity index (χ1n) is 26.2. The molecule has 3 aromatic rings. The summed E-state index contributed by atoms with van der Waals surface area (Å²) in [6, 6.07) is 15.3. The van der Waals surface area contributed by atoms with Crippen molar-refractivity contribution in [3.8, 4) is 17.2 Å². The minimum atomic E-state index is -5.40. The van der Waals surface area contributed by atoms with Crippen LogP contribution in [0.4, 0.5) is 0 Å². The highest BCUT2D eigenvalue weighted by molar-refractivity contribution is 7.46. The van der Waals surface area contributed by atoms with E-state index in [0.29, 0.717) is 18.4 Å². The van der Waals surface area contributed by atoms with E-state index in [4.69, 9.17) is 28.2 Å². The number of Topliss-reactive ketones (excluding diaryl/α,β-unsaturated/α-hetero) is 2. The van der Waals surface area contributed by atoms with Crippen molar-refractivity contribution in [3.05, 3.63) is 130 Å². The molecule has 1 amide bonds. The maximum Gasteiger partial charge on any atom is 0.524 e. The summed E-state index contributed by atoms with van der Waals surface area (Å²) < 4.78 is 51.2. The van der Waals surface area contributed by atoms with Gasteiger partial charge in [0.05, 0.1) is 11.5 Å². The van der Waals surface area contributed by atoms with E-state index in [1.807, 2.05) is 101 Å². The number of hydrogen-bond acceptors (Lipinski definition) is 13. The number of phosphoric acid groups is 1. The minimum Gasteiger partial charge on any atom is -0.482 e. The SMILES string of the molecule is CCC1(C(C)(C)OC(C)(C/C=C(/C)C(=O)NC(C)C(=O)OCc2ccccc2)C(C)=O)Oc2c(CC=C(C)C)c3c(c(OP(=O)(O)O)c2C(=O)C1C(C)NC(C)C(=O)OCc1ccccc1)C=CC(C)(CCC=C(C)C)O3. The van der Waals surface area contributed by atoms with Crippen LogP contribution >= 0.6 is 7.82 Å². The summed E-state index contributed by atoms with van der Waals surface area (Å²) in [6.07, 6.45) is 10.2. The Labute approximate surface area is 454 Å². The topological polar surface area (TPSA) is 222 Å². The van der Waals surface area contributed by atoms with Crippen LogP contribution in [0.1, 0.15) is 155 Å². The number of esters is 2. The predicted molar refractivity (Wildman–Crippen MR) is 295 cm³/mol. The van der Waals surface area contributed by atoms with Crippen LogP contribution in [0.25, 0.3) is 6.08 Å². The minimum absolute atomic E-state index is 0.00948. The number of allylic oxidation sites excluding steroid dienone is 4. The van der Waals surface area contributed by atoms with E-state index in [0.717, 1.165) is 22.3 Å². The molecule has 77 heavy (non-hydrogen) atoms. The van der Waals surface area contributed by atoms with E-state index < -0.39 is 89.4 Å². The molecular formula is C60H79N2O14P. The zero-order valence-electron chi connectivity index (χ0n) is 47.2. The van der Waals surface area contributed by atoms with Gasteiger partial charge in [-0.05, 0) is 139 Å². The van der Waals surface area contributed by atoms with Crippen molar-refractivity contribution in [2.45, 2.75) is 183 Å². The van der Waals surface area contributed by atoms with Gasteiger partial charge in [-0.2, -0.15) is 0 Å². The van der Waals surface area contributed by atoms with Gasteiger partial charge in [0.25, 0.3) is 0 Å². The molecule has 0 fully saturated rings. The average molecular weight is 1080 g/mol. The Kier molecular flexibility index (Phi) is 20.5. The van der Waals surface area contributed by atoms with Crippen LogP contribution in [0.3, 0.4) is 0 Å². The highest BCUT2D eigenvalue weighted by Gasteiger charge is 2.63. The Morgan fingerprint density at radius 1 is 0.805 bits per heavy atom. The van der Waals surface area contributed by atoms with Crippen LogP contribution in [0.15, 0.2) is 102 Å². The molecule has 418 valence electrons. The fourth-order valence-corrected chi connectivity index (χ4v) is 10.2. The first-order chi connectivity index (χ1) is 36.0. The Morgan fingerprint density at radius 2 is 1.36 bits per heavy atom. The van der Waals surface area contributed by atoms with Gasteiger partial charge in [-0.3, -0.25) is 29.0 Å². The zero-order chi connectivity index (χ0) is 57.3. The summed E-state index contributed by atoms with van der Waals surface area (Å²) in [5.41, 5.74) is -1.95. The van der Waals surface area contributed by atoms with Gasteiger partial charge < -0.3 is 38.8 Å². The van der Waals surface area contributed by atoms with Crippen molar-refractivity contribution in [2.24, 2.45) is 5.92 Å². The summed E-state index contributed by atoms with van der Waals surface area (Å²) in [4.78, 5) is 91.4. The second kappa shape index (κ2) is 25.5. The number of phosphoric ester groups is 1. The Morgan fingerprint density at radius 3 is 1.88 bits per heavy atom. The van der Waals surface area contributed by atoms with Gasteiger partial charge in [-0.15, -0.1) is 0 Å². The Hall–Kier alpha value is -6.16. The number of ether oxygens (including phenoxy) is 5. The number of carbonyl (C=O) groups excluding carboxylic acids is 5. The zero-order valence-corrected chi connectivity index (χ0v) is 48.1. The van der Waals surface area contributed by atoms with Gasteiger partial charge in [0, 0.05) is 23.6 Å². The largest absolute Gasteiger partial charge is 0.524 e. The van der Waals surface area contributed by atoms with Gasteiger partial charge >= 0.3 is 19.8 Å². The Balaban J connectivity index is 1.65. The van der Waals surface area contributed by atoms with E-state index in [2.05, 4.69) is 16.7 Å². The van der Waals surface area contributed by atoms with E-state index in [-0.39, 0.29) is 60.7 Å². The first-order valence-corrected chi connectivity index (χ1v) is 27.7. The van der Waals surface area contributed by atoms with Crippen molar-refractivity contribution in [1.82, 2.24) is 10.6 Å². The molecule has 0 spiro atoms. The molecule has 0 radical (unpaired) electrons. The van der Waals surface area contributed by atoms with Crippen molar-refractivity contribution >= 4 is 43.3 Å². The van der Waals surface area contributed by atoms with E-state index >= 15 is 4.79 Å². The van der Waals surface area contributed by atoms with Gasteiger partial charge in [0.2, 0.25) is 5.91 Å². The lowest BCUT2D eigenvalue weighted by Crippen LogP contribution is -2.70. The smallest absolute Gasteiger partial charge is 0.482 e. The molecule has 16 nitrogen and oxygen atoms in total. The number of hydrogen-bond donors (Lipinski definition) is 4. The summed E-state index contributed by atoms with van der Waals surface area (Å²) in [6.45, 7) is 24.2. The lowest BCUT2D eigenvalue weighted by molar-refractivity contribution is -0.224. The monoisotopic (exact) mass is 1080 g/mol. The maximum absolute atomic E-state index is 16.1. The molecule has 5 rings (SSSR count). The fourth-order valence-electron chi connectivity index (χ4n) is 9.82. The quantitative estimate of drug-likeness (QED) is 0.0268. The molecule has 3 aromatic carbocycles. The van der Waals surface area contributed by atoms with Crippen molar-refractivity contribution < 1.29 is 66.5 Å². The fraction of sp³-hybridized carbons (Fsp3) is 0.483. The first kappa shape index (κ1) is 61.7. The second-order valence-electron chi connectivity index (χ2n) is 21.6. The van der Waals surface area contributed by atoms with Crippen LogP contribution in [0.2, 0.25) is 0 Å². The third-order valence-electron chi connectivity index (χ3n) is 14.3. The number of carbonyl (C=O) groups is 5. The Bertz CT molecular complexity index is 2830. The van der Waals surface area contributed by atoms with Crippen LogP contribution < -0.4 is 24.6 Å². The highest BCUT2D eigenvalue weighted by Crippen LogP contribution is 2.58. The molecule has 7 unspecified atom stereocenters. The molecule has 0 saturated heterocycles. The highest BCUT2D eigenvalue weighted by atomic mass is 31.2. The second-order valence-corrected chi connectivity index (χ2v) is 22.8. The van der Waals surface area contributed by atoms with Crippen LogP contribution in [-0.2, 0) is 57.6 Å². The standard InChI is InChI=1S/C60H79N2O14P/c1-15-60(57(11,12)76-59(14,43(10)63)34-30-39(6)54(65)62-42(9)56(67)72-36-45-26-20-17-21-27-45)49(40(7)61-41(8)55(66)71-35-44-24-18-16-19-25-44)50(64)48-52(74-60)46(29-28-38(4)5)51-47(53(48)75-77(68,69)70)31-33-58(13,73-51)32-22-23-37(2)3/h16-21,23-28,30-31,33,40-42,49,61H,15,22,29,32,34-36H2,1-14H3,(H,62,65)(H2,68,69,70)/b39-30-. The molecule has 0 bridgehead atoms. The van der Waals surface area contributed by atoms with Crippen LogP contribution in [0, 0.1) is 5.92 Å². The van der Waals surface area contributed by atoms with Crippen LogP contribution in [-0.4, -0.2) is 79.7 Å². The van der Waals surface area contributed by atoms with E-state index in [1.54, 1.807) is 60.6 Å². The number of fused-ring (bicyclic) bond motifs is 2. The predicted octanol–water partition coefficient (Wildman–Crippen LogP) is 10.8. The number of ketones is 2. The lowest BCUT2D eigenvalue weighted by Gasteiger charge is -2.56. The summed E-state index contributed by atoms with van der Waals surface area (Å²) in [5.74, 6) is -4.55. The van der Waals surface area contributed by atoms with E-state index in [1.165, 1.54) is 19.9 Å². The third kappa shape index (κ3) is 15.3. The molecule has 0 aromatic heterocycles. The van der Waals surface area contributed by atoms with Crippen molar-refractivity contribution in [3.63, 3.8) is 0 Å². The summed E-state index contributed by atoms with van der Waals surface area (Å²) in [5, 5.41) is 5.94. The molecule has 0 aliphatic carbocycles. The molecule has 2 heterocycles. The van der Waals surface area contributed by atoms with Gasteiger partial charge in [0.15, 0.2) is 17.3 Å². The summed E-state index contributed by atoms with van der Waals surface area (Å²) in [7, 11) is -5.40. The lowest BCUT2D eigenvalue weighted by atomic mass is 9.65. The average Bonchev–Trinajstić information content (AvgIpc) is 3.41. The summed E-state index contributed by atoms with van der Waals surface area (Å²) >= 11 is 0. The molecule has 0 saturated carbocycles. The number of amides is 1. The van der Waals surface area contributed by atoms with Crippen molar-refractivity contribution in [2.75, 3.05) is 0 Å². The van der Waals surface area contributed by atoms with Gasteiger partial charge in [0.1, 0.15) is 64.8 Å². The molecule has 2 aliphatic heterocycles. The maximum atomic E-state index is 16.1. The molecule has 2 aliphatic rings. The van der Waals surface area contributed by atoms with E-state index in [9.17, 15) is 33.5 Å². The number of benzene rings is 3. The molecule has 4 N–H and O–H groups in total.